The van der Waals surface area contributed by atoms with Gasteiger partial charge in [0.25, 0.3) is 0 Å². The number of hydrogen-bond acceptors (Lipinski definition) is 3. The molecule has 1 saturated carbocycles. The molecule has 0 radical (unpaired) electrons. The molecule has 88 valence electrons. The number of aliphatic hydroxyl groups excluding tert-OH is 1. The summed E-state index contributed by atoms with van der Waals surface area (Å²) in [5, 5.41) is 8.93. The highest BCUT2D eigenvalue weighted by Crippen LogP contribution is 2.25. The maximum atomic E-state index is 11.9. The Morgan fingerprint density at radius 2 is 2.27 bits per heavy atom. The van der Waals surface area contributed by atoms with Crippen LogP contribution in [0.15, 0.2) is 0 Å². The molecule has 4 nitrogen and oxygen atoms in total. The van der Waals surface area contributed by atoms with Crippen LogP contribution < -0.4 is 5.73 Å². The van der Waals surface area contributed by atoms with Gasteiger partial charge in [0.05, 0.1) is 12.6 Å². The van der Waals surface area contributed by atoms with Gasteiger partial charge >= 0.3 is 0 Å². The number of aliphatic hydroxyl groups is 1. The average molecular weight is 214 g/mol. The van der Waals surface area contributed by atoms with E-state index in [9.17, 15) is 4.79 Å². The predicted molar refractivity (Wildman–Crippen MR) is 59.3 cm³/mol. The van der Waals surface area contributed by atoms with Crippen LogP contribution in [0, 0.1) is 0 Å². The number of nitrogens with zero attached hydrogens (tertiary/aromatic N) is 1. The Labute approximate surface area is 91.4 Å². The first-order valence-electron chi connectivity index (χ1n) is 5.87. The van der Waals surface area contributed by atoms with Crippen molar-refractivity contribution in [3.8, 4) is 0 Å². The van der Waals surface area contributed by atoms with Crippen LogP contribution in [0.5, 0.6) is 0 Å². The molecule has 1 aliphatic carbocycles. The van der Waals surface area contributed by atoms with Gasteiger partial charge in [-0.05, 0) is 25.7 Å². The summed E-state index contributed by atoms with van der Waals surface area (Å²) in [6.07, 6.45) is 4.95. The number of carbonyl (C=O) groups excluding carboxylic acids is 1. The third-order valence-electron chi connectivity index (χ3n) is 3.06. The molecule has 0 aromatic rings. The number of nitrogens with two attached hydrogens (primary N) is 1. The molecule has 0 heterocycles. The van der Waals surface area contributed by atoms with Crippen LogP contribution in [-0.2, 0) is 4.79 Å². The summed E-state index contributed by atoms with van der Waals surface area (Å²) >= 11 is 0. The Kier molecular flexibility index (Phi) is 5.05. The van der Waals surface area contributed by atoms with Gasteiger partial charge in [-0.2, -0.15) is 0 Å². The number of hydrogen-bond donors (Lipinski definition) is 2. The molecular formula is C11H22N2O2. The fourth-order valence-corrected chi connectivity index (χ4v) is 1.93. The summed E-state index contributed by atoms with van der Waals surface area (Å²) in [4.78, 5) is 13.7. The Bertz CT molecular complexity index is 205. The summed E-state index contributed by atoms with van der Waals surface area (Å²) in [7, 11) is 0. The van der Waals surface area contributed by atoms with Gasteiger partial charge in [-0.1, -0.05) is 13.3 Å². The minimum absolute atomic E-state index is 0.00981. The molecule has 15 heavy (non-hydrogen) atoms. The van der Waals surface area contributed by atoms with E-state index in [0.29, 0.717) is 12.6 Å². The molecule has 1 atom stereocenters. The largest absolute Gasteiger partial charge is 0.395 e. The normalized spacial score (nSPS) is 18.3. The fraction of sp³-hybridized carbons (Fsp3) is 0.909. The molecule has 0 spiro atoms. The maximum Gasteiger partial charge on any atom is 0.239 e. The van der Waals surface area contributed by atoms with Crippen LogP contribution in [0.1, 0.15) is 39.0 Å². The Hall–Kier alpha value is -0.610. The predicted octanol–water partition coefficient (Wildman–Crippen LogP) is 0.487. The summed E-state index contributed by atoms with van der Waals surface area (Å²) in [6, 6.07) is -0.0605. The first-order chi connectivity index (χ1) is 7.20. The van der Waals surface area contributed by atoms with E-state index in [2.05, 4.69) is 0 Å². The van der Waals surface area contributed by atoms with E-state index < -0.39 is 0 Å². The van der Waals surface area contributed by atoms with Gasteiger partial charge in [-0.15, -0.1) is 0 Å². The van der Waals surface area contributed by atoms with E-state index in [1.807, 2.05) is 6.92 Å². The molecule has 3 N–H and O–H groups in total. The standard InChI is InChI=1S/C11H22N2O2/c1-2-4-10(12)11(15)13(7-8-14)9-5-3-6-9/h9-10,14H,2-8,12H2,1H3/t10-/m0/s1. The molecule has 1 amide bonds. The van der Waals surface area contributed by atoms with E-state index in [4.69, 9.17) is 10.8 Å². The highest BCUT2D eigenvalue weighted by molar-refractivity contribution is 5.82. The molecule has 0 aliphatic heterocycles. The van der Waals surface area contributed by atoms with Gasteiger partial charge in [0.1, 0.15) is 0 Å². The highest BCUT2D eigenvalue weighted by atomic mass is 16.3. The summed E-state index contributed by atoms with van der Waals surface area (Å²) in [6.45, 7) is 2.48. The number of rotatable bonds is 6. The first-order valence-corrected chi connectivity index (χ1v) is 5.87. The van der Waals surface area contributed by atoms with Crippen LogP contribution in [0.25, 0.3) is 0 Å². The number of amides is 1. The van der Waals surface area contributed by atoms with Gasteiger partial charge in [-0.25, -0.2) is 0 Å². The van der Waals surface area contributed by atoms with Crippen LogP contribution in [0.3, 0.4) is 0 Å². The molecule has 1 rings (SSSR count). The lowest BCUT2D eigenvalue weighted by Gasteiger charge is -2.38. The first kappa shape index (κ1) is 12.5. The zero-order chi connectivity index (χ0) is 11.3. The second kappa shape index (κ2) is 6.08. The Morgan fingerprint density at radius 3 is 2.67 bits per heavy atom. The molecule has 0 unspecified atom stereocenters. The van der Waals surface area contributed by atoms with Crippen molar-refractivity contribution in [3.63, 3.8) is 0 Å². The number of carbonyl (C=O) groups is 1. The summed E-state index contributed by atoms with van der Waals surface area (Å²) < 4.78 is 0. The minimum atomic E-state index is -0.387. The summed E-state index contributed by atoms with van der Waals surface area (Å²) in [5.41, 5.74) is 5.80. The van der Waals surface area contributed by atoms with Gasteiger partial charge in [0.2, 0.25) is 5.91 Å². The third-order valence-corrected chi connectivity index (χ3v) is 3.06. The molecule has 1 fully saturated rings. The van der Waals surface area contributed by atoms with Gasteiger partial charge < -0.3 is 15.7 Å². The van der Waals surface area contributed by atoms with Crippen molar-refractivity contribution in [1.82, 2.24) is 4.90 Å². The Morgan fingerprint density at radius 1 is 1.60 bits per heavy atom. The quantitative estimate of drug-likeness (QED) is 0.676. The van der Waals surface area contributed by atoms with Crippen molar-refractivity contribution in [1.29, 1.82) is 0 Å². The average Bonchev–Trinajstić information content (AvgIpc) is 2.13. The minimum Gasteiger partial charge on any atom is -0.395 e. The lowest BCUT2D eigenvalue weighted by atomic mass is 9.91. The second-order valence-corrected chi connectivity index (χ2v) is 4.24. The molecule has 4 heteroatoms. The monoisotopic (exact) mass is 214 g/mol. The van der Waals surface area contributed by atoms with Crippen molar-refractivity contribution >= 4 is 5.91 Å². The molecule has 0 aromatic heterocycles. The van der Waals surface area contributed by atoms with Gasteiger partial charge in [-0.3, -0.25) is 4.79 Å². The van der Waals surface area contributed by atoms with E-state index >= 15 is 0 Å². The van der Waals surface area contributed by atoms with Crippen molar-refractivity contribution < 1.29 is 9.90 Å². The molecule has 0 bridgehead atoms. The smallest absolute Gasteiger partial charge is 0.239 e. The molecule has 1 aliphatic rings. The zero-order valence-electron chi connectivity index (χ0n) is 9.48. The molecule has 0 saturated heterocycles. The topological polar surface area (TPSA) is 66.6 Å². The molecular weight excluding hydrogens is 192 g/mol. The maximum absolute atomic E-state index is 11.9. The molecule has 0 aromatic carbocycles. The van der Waals surface area contributed by atoms with Crippen LogP contribution in [-0.4, -0.2) is 41.1 Å². The van der Waals surface area contributed by atoms with Crippen LogP contribution in [0.4, 0.5) is 0 Å². The van der Waals surface area contributed by atoms with Crippen LogP contribution >= 0.6 is 0 Å². The van der Waals surface area contributed by atoms with E-state index in [-0.39, 0.29) is 18.6 Å². The van der Waals surface area contributed by atoms with E-state index in [1.54, 1.807) is 4.90 Å². The van der Waals surface area contributed by atoms with E-state index in [0.717, 1.165) is 25.7 Å². The lowest BCUT2D eigenvalue weighted by Crippen LogP contribution is -2.51. The SMILES string of the molecule is CCC[C@H](N)C(=O)N(CCO)C1CCC1. The van der Waals surface area contributed by atoms with Crippen molar-refractivity contribution in [2.45, 2.75) is 51.1 Å². The van der Waals surface area contributed by atoms with Crippen LogP contribution in [0.2, 0.25) is 0 Å². The second-order valence-electron chi connectivity index (χ2n) is 4.24. The third kappa shape index (κ3) is 3.18. The van der Waals surface area contributed by atoms with Crippen molar-refractivity contribution in [2.24, 2.45) is 5.73 Å². The highest BCUT2D eigenvalue weighted by Gasteiger charge is 2.30. The van der Waals surface area contributed by atoms with Crippen molar-refractivity contribution in [2.75, 3.05) is 13.2 Å². The zero-order valence-corrected chi connectivity index (χ0v) is 9.48. The van der Waals surface area contributed by atoms with Crippen molar-refractivity contribution in [3.05, 3.63) is 0 Å². The lowest BCUT2D eigenvalue weighted by molar-refractivity contribution is -0.137. The Balaban J connectivity index is 2.49. The van der Waals surface area contributed by atoms with Gasteiger partial charge in [0, 0.05) is 12.6 Å². The fourth-order valence-electron chi connectivity index (χ4n) is 1.93. The summed E-state index contributed by atoms with van der Waals surface area (Å²) in [5.74, 6) is 0.00981. The van der Waals surface area contributed by atoms with Gasteiger partial charge in [0.15, 0.2) is 0 Å². The van der Waals surface area contributed by atoms with E-state index in [1.165, 1.54) is 6.42 Å².